The van der Waals surface area contributed by atoms with Gasteiger partial charge in [0.1, 0.15) is 5.82 Å². The zero-order valence-electron chi connectivity index (χ0n) is 10.3. The van der Waals surface area contributed by atoms with Crippen molar-refractivity contribution >= 4 is 11.8 Å². The van der Waals surface area contributed by atoms with Gasteiger partial charge in [0.05, 0.1) is 11.7 Å². The Morgan fingerprint density at radius 2 is 2.32 bits per heavy atom. The molecule has 19 heavy (non-hydrogen) atoms. The fourth-order valence-electron chi connectivity index (χ4n) is 2.03. The van der Waals surface area contributed by atoms with Gasteiger partial charge in [0.15, 0.2) is 5.82 Å². The fraction of sp³-hybridized carbons (Fsp3) is 0.385. The van der Waals surface area contributed by atoms with Crippen molar-refractivity contribution < 1.29 is 9.13 Å². The first-order valence-electron chi connectivity index (χ1n) is 6.24. The summed E-state index contributed by atoms with van der Waals surface area (Å²) in [6, 6.07) is 6.53. The van der Waals surface area contributed by atoms with Crippen LogP contribution in [0.4, 0.5) is 4.39 Å². The average molecular weight is 279 g/mol. The minimum atomic E-state index is -0.297. The molecule has 1 saturated heterocycles. The highest BCUT2D eigenvalue weighted by Crippen LogP contribution is 2.24. The Morgan fingerprint density at radius 1 is 1.42 bits per heavy atom. The Balaban J connectivity index is 1.67. The molecule has 100 valence electrons. The van der Waals surface area contributed by atoms with Gasteiger partial charge in [-0.15, -0.1) is 5.10 Å². The van der Waals surface area contributed by atoms with Gasteiger partial charge in [-0.1, -0.05) is 23.9 Å². The number of nitrogens with one attached hydrogen (secondary N) is 1. The lowest BCUT2D eigenvalue weighted by atomic mass is 10.2. The first kappa shape index (κ1) is 12.6. The van der Waals surface area contributed by atoms with Crippen LogP contribution in [-0.4, -0.2) is 33.6 Å². The van der Waals surface area contributed by atoms with Crippen molar-refractivity contribution in [1.82, 2.24) is 15.2 Å². The minimum Gasteiger partial charge on any atom is -0.377 e. The molecule has 4 nitrogen and oxygen atoms in total. The molecule has 0 aliphatic carbocycles. The van der Waals surface area contributed by atoms with Gasteiger partial charge in [-0.2, -0.15) is 0 Å². The highest BCUT2D eigenvalue weighted by Gasteiger charge is 2.17. The van der Waals surface area contributed by atoms with Crippen LogP contribution in [0.15, 0.2) is 29.4 Å². The third-order valence-electron chi connectivity index (χ3n) is 3.02. The molecule has 0 unspecified atom stereocenters. The topological polar surface area (TPSA) is 50.8 Å². The van der Waals surface area contributed by atoms with E-state index in [0.717, 1.165) is 25.2 Å². The molecule has 0 bridgehead atoms. The first-order chi connectivity index (χ1) is 9.33. The standard InChI is InChI=1S/C13H14FN3OS/c14-11-6-2-1-5-10(11)12-15-13(17-16-12)19-8-9-4-3-7-18-9/h1-2,5-6,9H,3-4,7-8H2,(H,15,16,17)/t9-/m0/s1. The minimum absolute atomic E-state index is 0.292. The fourth-order valence-corrected chi connectivity index (χ4v) is 2.89. The lowest BCUT2D eigenvalue weighted by Gasteiger charge is -2.05. The van der Waals surface area contributed by atoms with E-state index in [4.69, 9.17) is 4.74 Å². The van der Waals surface area contributed by atoms with Crippen LogP contribution in [0.3, 0.4) is 0 Å². The number of hydrogen-bond acceptors (Lipinski definition) is 4. The van der Waals surface area contributed by atoms with E-state index in [1.54, 1.807) is 18.2 Å². The Morgan fingerprint density at radius 3 is 3.11 bits per heavy atom. The van der Waals surface area contributed by atoms with E-state index >= 15 is 0 Å². The highest BCUT2D eigenvalue weighted by atomic mass is 32.2. The number of benzene rings is 1. The number of H-pyrrole nitrogens is 1. The van der Waals surface area contributed by atoms with E-state index in [1.807, 2.05) is 0 Å². The summed E-state index contributed by atoms with van der Waals surface area (Å²) in [6.45, 7) is 0.847. The van der Waals surface area contributed by atoms with Crippen molar-refractivity contribution in [3.63, 3.8) is 0 Å². The van der Waals surface area contributed by atoms with Crippen LogP contribution in [0, 0.1) is 5.82 Å². The Bertz CT molecular complexity index is 554. The summed E-state index contributed by atoms with van der Waals surface area (Å²) in [4.78, 5) is 4.30. The quantitative estimate of drug-likeness (QED) is 0.874. The van der Waals surface area contributed by atoms with Crippen LogP contribution >= 0.6 is 11.8 Å². The smallest absolute Gasteiger partial charge is 0.208 e. The predicted octanol–water partition coefficient (Wildman–Crippen LogP) is 2.88. The first-order valence-corrected chi connectivity index (χ1v) is 7.23. The molecular formula is C13H14FN3OS. The monoisotopic (exact) mass is 279 g/mol. The van der Waals surface area contributed by atoms with Gasteiger partial charge in [-0.3, -0.25) is 5.10 Å². The van der Waals surface area contributed by atoms with Crippen LogP contribution in [0.5, 0.6) is 0 Å². The summed E-state index contributed by atoms with van der Waals surface area (Å²) in [5, 5.41) is 7.51. The zero-order valence-corrected chi connectivity index (χ0v) is 11.1. The zero-order chi connectivity index (χ0) is 13.1. The predicted molar refractivity (Wildman–Crippen MR) is 71.5 cm³/mol. The van der Waals surface area contributed by atoms with Gasteiger partial charge in [0.25, 0.3) is 0 Å². The Kier molecular flexibility index (Phi) is 3.79. The number of thioether (sulfide) groups is 1. The van der Waals surface area contributed by atoms with Gasteiger partial charge in [0, 0.05) is 12.4 Å². The second-order valence-corrected chi connectivity index (χ2v) is 5.38. The summed E-state index contributed by atoms with van der Waals surface area (Å²) in [7, 11) is 0. The number of rotatable bonds is 4. The van der Waals surface area contributed by atoms with E-state index in [9.17, 15) is 4.39 Å². The van der Waals surface area contributed by atoms with Crippen LogP contribution in [0.2, 0.25) is 0 Å². The van der Waals surface area contributed by atoms with E-state index in [-0.39, 0.29) is 5.82 Å². The van der Waals surface area contributed by atoms with E-state index in [1.165, 1.54) is 17.8 Å². The summed E-state index contributed by atoms with van der Waals surface area (Å²) in [5.41, 5.74) is 0.443. The largest absolute Gasteiger partial charge is 0.377 e. The third-order valence-corrected chi connectivity index (χ3v) is 4.00. The molecule has 1 aromatic carbocycles. The molecule has 2 heterocycles. The molecule has 3 rings (SSSR count). The molecule has 0 radical (unpaired) electrons. The molecule has 1 fully saturated rings. The number of halogens is 1. The summed E-state index contributed by atoms with van der Waals surface area (Å²) >= 11 is 1.54. The van der Waals surface area contributed by atoms with Gasteiger partial charge in [-0.05, 0) is 25.0 Å². The molecule has 2 aromatic rings. The van der Waals surface area contributed by atoms with Crippen LogP contribution in [0.25, 0.3) is 11.4 Å². The highest BCUT2D eigenvalue weighted by molar-refractivity contribution is 7.99. The molecule has 0 saturated carbocycles. The lowest BCUT2D eigenvalue weighted by molar-refractivity contribution is 0.129. The Labute approximate surface area is 114 Å². The van der Waals surface area contributed by atoms with Gasteiger partial charge >= 0.3 is 0 Å². The number of nitrogens with zero attached hydrogens (tertiary/aromatic N) is 2. The van der Waals surface area contributed by atoms with E-state index in [0.29, 0.717) is 22.6 Å². The maximum absolute atomic E-state index is 13.6. The molecule has 1 aliphatic rings. The molecular weight excluding hydrogens is 265 g/mol. The summed E-state index contributed by atoms with van der Waals surface area (Å²) < 4.78 is 19.1. The van der Waals surface area contributed by atoms with Crippen LogP contribution in [-0.2, 0) is 4.74 Å². The van der Waals surface area contributed by atoms with Crippen molar-refractivity contribution in [2.75, 3.05) is 12.4 Å². The van der Waals surface area contributed by atoms with Gasteiger partial charge < -0.3 is 4.74 Å². The average Bonchev–Trinajstić information content (AvgIpc) is 3.08. The Hall–Kier alpha value is -1.40. The molecule has 1 aliphatic heterocycles. The van der Waals surface area contributed by atoms with Crippen molar-refractivity contribution in [2.45, 2.75) is 24.1 Å². The van der Waals surface area contributed by atoms with Crippen molar-refractivity contribution in [3.8, 4) is 11.4 Å². The molecule has 1 aromatic heterocycles. The number of ether oxygens (including phenoxy) is 1. The normalized spacial score (nSPS) is 18.9. The van der Waals surface area contributed by atoms with Crippen molar-refractivity contribution in [3.05, 3.63) is 30.1 Å². The van der Waals surface area contributed by atoms with E-state index < -0.39 is 0 Å². The van der Waals surface area contributed by atoms with Crippen molar-refractivity contribution in [1.29, 1.82) is 0 Å². The number of aromatic amines is 1. The van der Waals surface area contributed by atoms with Gasteiger partial charge in [-0.25, -0.2) is 9.37 Å². The third kappa shape index (κ3) is 2.96. The SMILES string of the molecule is Fc1ccccc1-c1nc(SC[C@@H]2CCCO2)n[nH]1. The molecule has 1 N–H and O–H groups in total. The van der Waals surface area contributed by atoms with Crippen molar-refractivity contribution in [2.24, 2.45) is 0 Å². The summed E-state index contributed by atoms with van der Waals surface area (Å²) in [6.07, 6.45) is 2.51. The second-order valence-electron chi connectivity index (χ2n) is 4.39. The maximum atomic E-state index is 13.6. The maximum Gasteiger partial charge on any atom is 0.208 e. The van der Waals surface area contributed by atoms with Gasteiger partial charge in [0.2, 0.25) is 5.16 Å². The molecule has 0 spiro atoms. The van der Waals surface area contributed by atoms with Crippen LogP contribution < -0.4 is 0 Å². The molecule has 6 heteroatoms. The number of hydrogen-bond donors (Lipinski definition) is 1. The summed E-state index contributed by atoms with van der Waals surface area (Å²) in [5.74, 6) is 1.01. The molecule has 0 amide bonds. The van der Waals surface area contributed by atoms with E-state index in [2.05, 4.69) is 15.2 Å². The molecule has 1 atom stereocenters. The van der Waals surface area contributed by atoms with Crippen LogP contribution in [0.1, 0.15) is 12.8 Å². The second kappa shape index (κ2) is 5.71. The lowest BCUT2D eigenvalue weighted by Crippen LogP contribution is -2.07. The number of aromatic nitrogens is 3.